The first-order valence-electron chi connectivity index (χ1n) is 5.98. The van der Waals surface area contributed by atoms with Gasteiger partial charge in [-0.05, 0) is 24.3 Å². The molecule has 0 unspecified atom stereocenters. The lowest BCUT2D eigenvalue weighted by Crippen LogP contribution is -2.43. The van der Waals surface area contributed by atoms with Gasteiger partial charge in [0.1, 0.15) is 0 Å². The lowest BCUT2D eigenvalue weighted by Gasteiger charge is -2.38. The highest BCUT2D eigenvalue weighted by Crippen LogP contribution is 2.29. The SMILES string of the molecule is CC1(C)CCCN(C(=O)c2ccncc2N)C1. The fraction of sp³-hybridized carbons (Fsp3) is 0.538. The third kappa shape index (κ3) is 2.57. The zero-order chi connectivity index (χ0) is 12.5. The number of carbonyl (C=O) groups excluding carboxylic acids is 1. The van der Waals surface area contributed by atoms with Crippen LogP contribution < -0.4 is 5.73 Å². The van der Waals surface area contributed by atoms with Crippen LogP contribution in [0.1, 0.15) is 37.0 Å². The lowest BCUT2D eigenvalue weighted by molar-refractivity contribution is 0.0584. The van der Waals surface area contributed by atoms with Crippen molar-refractivity contribution in [2.45, 2.75) is 26.7 Å². The van der Waals surface area contributed by atoms with Gasteiger partial charge in [0.2, 0.25) is 0 Å². The number of hydrogen-bond donors (Lipinski definition) is 1. The second kappa shape index (κ2) is 4.35. The summed E-state index contributed by atoms with van der Waals surface area (Å²) in [5.41, 5.74) is 7.02. The van der Waals surface area contributed by atoms with Crippen molar-refractivity contribution < 1.29 is 4.79 Å². The molecule has 0 radical (unpaired) electrons. The van der Waals surface area contributed by atoms with E-state index in [4.69, 9.17) is 5.73 Å². The van der Waals surface area contributed by atoms with Crippen molar-refractivity contribution in [1.29, 1.82) is 0 Å². The van der Waals surface area contributed by atoms with E-state index in [9.17, 15) is 4.79 Å². The number of aromatic nitrogens is 1. The maximum Gasteiger partial charge on any atom is 0.256 e. The molecule has 1 saturated heterocycles. The van der Waals surface area contributed by atoms with Crippen molar-refractivity contribution in [3.63, 3.8) is 0 Å². The van der Waals surface area contributed by atoms with E-state index in [1.807, 2.05) is 4.90 Å². The maximum atomic E-state index is 12.3. The minimum Gasteiger partial charge on any atom is -0.397 e. The third-order valence-corrected chi connectivity index (χ3v) is 3.27. The molecule has 0 spiro atoms. The Balaban J connectivity index is 2.18. The van der Waals surface area contributed by atoms with E-state index in [-0.39, 0.29) is 11.3 Å². The van der Waals surface area contributed by atoms with Gasteiger partial charge in [0, 0.05) is 19.3 Å². The van der Waals surface area contributed by atoms with Crippen LogP contribution in [0.5, 0.6) is 0 Å². The molecule has 1 aliphatic rings. The zero-order valence-electron chi connectivity index (χ0n) is 10.4. The fourth-order valence-electron chi connectivity index (χ4n) is 2.37. The highest BCUT2D eigenvalue weighted by molar-refractivity contribution is 5.98. The molecule has 17 heavy (non-hydrogen) atoms. The van der Waals surface area contributed by atoms with Crippen LogP contribution in [0.25, 0.3) is 0 Å². The average molecular weight is 233 g/mol. The molecule has 92 valence electrons. The first kappa shape index (κ1) is 11.9. The van der Waals surface area contributed by atoms with Crippen molar-refractivity contribution in [2.75, 3.05) is 18.8 Å². The van der Waals surface area contributed by atoms with E-state index in [1.54, 1.807) is 12.3 Å². The molecule has 2 rings (SSSR count). The first-order chi connectivity index (χ1) is 7.99. The molecule has 0 bridgehead atoms. The number of hydrogen-bond acceptors (Lipinski definition) is 3. The van der Waals surface area contributed by atoms with E-state index >= 15 is 0 Å². The van der Waals surface area contributed by atoms with Crippen molar-refractivity contribution in [1.82, 2.24) is 9.88 Å². The Labute approximate surface area is 102 Å². The predicted molar refractivity (Wildman–Crippen MR) is 67.6 cm³/mol. The largest absolute Gasteiger partial charge is 0.397 e. The first-order valence-corrected chi connectivity index (χ1v) is 5.98. The fourth-order valence-corrected chi connectivity index (χ4v) is 2.37. The maximum absolute atomic E-state index is 12.3. The third-order valence-electron chi connectivity index (χ3n) is 3.27. The highest BCUT2D eigenvalue weighted by atomic mass is 16.2. The summed E-state index contributed by atoms with van der Waals surface area (Å²) in [7, 11) is 0. The van der Waals surface area contributed by atoms with Gasteiger partial charge >= 0.3 is 0 Å². The number of rotatable bonds is 1. The molecule has 2 N–H and O–H groups in total. The second-order valence-corrected chi connectivity index (χ2v) is 5.46. The number of likely N-dealkylation sites (tertiary alicyclic amines) is 1. The molecule has 0 atom stereocenters. The standard InChI is InChI=1S/C13H19N3O/c1-13(2)5-3-7-16(9-13)12(17)10-4-6-15-8-11(10)14/h4,6,8H,3,5,7,9,14H2,1-2H3. The van der Waals surface area contributed by atoms with Gasteiger partial charge in [-0.3, -0.25) is 9.78 Å². The minimum absolute atomic E-state index is 0.0256. The van der Waals surface area contributed by atoms with Gasteiger partial charge in [-0.1, -0.05) is 13.8 Å². The van der Waals surface area contributed by atoms with Crippen LogP contribution in [0.15, 0.2) is 18.5 Å². The van der Waals surface area contributed by atoms with E-state index < -0.39 is 0 Å². The van der Waals surface area contributed by atoms with Crippen LogP contribution in [0.4, 0.5) is 5.69 Å². The summed E-state index contributed by atoms with van der Waals surface area (Å²) in [4.78, 5) is 18.1. The molecule has 1 aliphatic heterocycles. The van der Waals surface area contributed by atoms with Gasteiger partial charge in [-0.15, -0.1) is 0 Å². The summed E-state index contributed by atoms with van der Waals surface area (Å²) < 4.78 is 0. The summed E-state index contributed by atoms with van der Waals surface area (Å²) in [5, 5.41) is 0. The Morgan fingerprint density at radius 1 is 1.53 bits per heavy atom. The molecule has 1 aromatic rings. The Morgan fingerprint density at radius 3 is 2.94 bits per heavy atom. The number of amides is 1. The van der Waals surface area contributed by atoms with Crippen LogP contribution in [-0.2, 0) is 0 Å². The molecular formula is C13H19N3O. The predicted octanol–water partition coefficient (Wildman–Crippen LogP) is 1.93. The molecule has 1 fully saturated rings. The Kier molecular flexibility index (Phi) is 3.05. The molecule has 1 aromatic heterocycles. The van der Waals surface area contributed by atoms with Gasteiger partial charge in [-0.2, -0.15) is 0 Å². The summed E-state index contributed by atoms with van der Waals surface area (Å²) >= 11 is 0. The summed E-state index contributed by atoms with van der Waals surface area (Å²) in [6.45, 7) is 6.02. The Morgan fingerprint density at radius 2 is 2.29 bits per heavy atom. The lowest BCUT2D eigenvalue weighted by atomic mass is 9.84. The molecule has 0 aliphatic carbocycles. The minimum atomic E-state index is 0.0256. The molecule has 4 nitrogen and oxygen atoms in total. The van der Waals surface area contributed by atoms with Crippen LogP contribution in [-0.4, -0.2) is 28.9 Å². The second-order valence-electron chi connectivity index (χ2n) is 5.46. The zero-order valence-corrected chi connectivity index (χ0v) is 10.4. The van der Waals surface area contributed by atoms with Gasteiger partial charge in [0.05, 0.1) is 17.4 Å². The van der Waals surface area contributed by atoms with Crippen molar-refractivity contribution in [2.24, 2.45) is 5.41 Å². The Hall–Kier alpha value is -1.58. The van der Waals surface area contributed by atoms with E-state index in [1.165, 1.54) is 12.6 Å². The number of nitrogens with two attached hydrogens (primary N) is 1. The monoisotopic (exact) mass is 233 g/mol. The summed E-state index contributed by atoms with van der Waals surface area (Å²) in [5.74, 6) is 0.0256. The van der Waals surface area contributed by atoms with E-state index in [0.29, 0.717) is 11.3 Å². The van der Waals surface area contributed by atoms with Gasteiger partial charge in [0.15, 0.2) is 0 Å². The van der Waals surface area contributed by atoms with E-state index in [0.717, 1.165) is 19.5 Å². The van der Waals surface area contributed by atoms with Crippen LogP contribution in [0, 0.1) is 5.41 Å². The number of nitrogen functional groups attached to an aromatic ring is 1. The molecule has 1 amide bonds. The van der Waals surface area contributed by atoms with Crippen molar-refractivity contribution >= 4 is 11.6 Å². The molecular weight excluding hydrogens is 214 g/mol. The van der Waals surface area contributed by atoms with Crippen LogP contribution in [0.2, 0.25) is 0 Å². The number of pyridine rings is 1. The van der Waals surface area contributed by atoms with Gasteiger partial charge in [0.25, 0.3) is 5.91 Å². The number of carbonyl (C=O) groups is 1. The van der Waals surface area contributed by atoms with Gasteiger partial charge in [-0.25, -0.2) is 0 Å². The summed E-state index contributed by atoms with van der Waals surface area (Å²) in [6.07, 6.45) is 5.37. The molecule has 0 aromatic carbocycles. The molecule has 0 saturated carbocycles. The number of piperidine rings is 1. The summed E-state index contributed by atoms with van der Waals surface area (Å²) in [6, 6.07) is 1.69. The van der Waals surface area contributed by atoms with Crippen LogP contribution >= 0.6 is 0 Å². The van der Waals surface area contributed by atoms with E-state index in [2.05, 4.69) is 18.8 Å². The smallest absolute Gasteiger partial charge is 0.256 e. The number of anilines is 1. The quantitative estimate of drug-likeness (QED) is 0.806. The highest BCUT2D eigenvalue weighted by Gasteiger charge is 2.30. The molecule has 4 heteroatoms. The molecule has 2 heterocycles. The van der Waals surface area contributed by atoms with Crippen LogP contribution in [0.3, 0.4) is 0 Å². The normalized spacial score (nSPS) is 19.1. The van der Waals surface area contributed by atoms with Gasteiger partial charge < -0.3 is 10.6 Å². The Bertz CT molecular complexity index is 428. The topological polar surface area (TPSA) is 59.2 Å². The van der Waals surface area contributed by atoms with Crippen molar-refractivity contribution in [3.8, 4) is 0 Å². The number of nitrogens with zero attached hydrogens (tertiary/aromatic N) is 2. The average Bonchev–Trinajstić information content (AvgIpc) is 2.27. The van der Waals surface area contributed by atoms with Crippen molar-refractivity contribution in [3.05, 3.63) is 24.0 Å².